The van der Waals surface area contributed by atoms with Crippen LogP contribution in [0.1, 0.15) is 18.3 Å². The monoisotopic (exact) mass is 195 g/mol. The lowest BCUT2D eigenvalue weighted by Crippen LogP contribution is -2.00. The number of aryl methyl sites for hydroxylation is 1. The summed E-state index contributed by atoms with van der Waals surface area (Å²) < 4.78 is 1.93. The molecule has 5 heteroatoms. The van der Waals surface area contributed by atoms with Gasteiger partial charge in [0, 0.05) is 11.6 Å². The van der Waals surface area contributed by atoms with Crippen LogP contribution in [-0.2, 0) is 0 Å². The Morgan fingerprint density at radius 2 is 2.46 bits per heavy atom. The fraction of sp³-hybridized carbons (Fsp3) is 0.250. The molecule has 13 heavy (non-hydrogen) atoms. The number of thiazole rings is 1. The zero-order valence-corrected chi connectivity index (χ0v) is 8.17. The van der Waals surface area contributed by atoms with Gasteiger partial charge in [-0.2, -0.15) is 0 Å². The Morgan fingerprint density at radius 3 is 3.15 bits per heavy atom. The highest BCUT2D eigenvalue weighted by Gasteiger charge is 2.11. The van der Waals surface area contributed by atoms with Gasteiger partial charge in [0.1, 0.15) is 5.71 Å². The summed E-state index contributed by atoms with van der Waals surface area (Å²) in [5.74, 6) is 0. The van der Waals surface area contributed by atoms with Crippen LogP contribution in [0.2, 0.25) is 0 Å². The van der Waals surface area contributed by atoms with Crippen molar-refractivity contribution in [2.24, 2.45) is 5.16 Å². The van der Waals surface area contributed by atoms with E-state index in [-0.39, 0.29) is 0 Å². The van der Waals surface area contributed by atoms with E-state index in [1.807, 2.05) is 22.9 Å². The highest BCUT2D eigenvalue weighted by atomic mass is 32.1. The van der Waals surface area contributed by atoms with Gasteiger partial charge in [-0.05, 0) is 13.8 Å². The smallest absolute Gasteiger partial charge is 0.194 e. The highest BCUT2D eigenvalue weighted by molar-refractivity contribution is 7.15. The maximum Gasteiger partial charge on any atom is 0.194 e. The third-order valence-corrected chi connectivity index (χ3v) is 2.69. The molecule has 2 aromatic rings. The number of oxime groups is 1. The molecule has 2 heterocycles. The van der Waals surface area contributed by atoms with Crippen molar-refractivity contribution in [3.8, 4) is 0 Å². The minimum absolute atomic E-state index is 0.586. The minimum atomic E-state index is 0.586. The second-order valence-electron chi connectivity index (χ2n) is 2.79. The first-order valence-corrected chi connectivity index (χ1v) is 4.73. The van der Waals surface area contributed by atoms with Crippen molar-refractivity contribution in [1.82, 2.24) is 9.38 Å². The molecule has 0 saturated carbocycles. The second kappa shape index (κ2) is 2.85. The summed E-state index contributed by atoms with van der Waals surface area (Å²) in [5, 5.41) is 13.8. The van der Waals surface area contributed by atoms with Gasteiger partial charge >= 0.3 is 0 Å². The first-order chi connectivity index (χ1) is 6.24. The van der Waals surface area contributed by atoms with E-state index in [9.17, 15) is 0 Å². The van der Waals surface area contributed by atoms with Crippen molar-refractivity contribution in [1.29, 1.82) is 0 Å². The quantitative estimate of drug-likeness (QED) is 0.429. The molecule has 0 bridgehead atoms. The van der Waals surface area contributed by atoms with Crippen LogP contribution in [0.5, 0.6) is 0 Å². The van der Waals surface area contributed by atoms with E-state index in [2.05, 4.69) is 10.1 Å². The first kappa shape index (κ1) is 8.25. The molecule has 0 spiro atoms. The molecule has 0 saturated heterocycles. The molecule has 0 atom stereocenters. The summed E-state index contributed by atoms with van der Waals surface area (Å²) in [6, 6.07) is 0. The standard InChI is InChI=1S/C8H9N3OS/c1-5-7(6(2)10-12)11-3-4-13-8(11)9-5/h3-4,12H,1-2H3/b10-6-. The van der Waals surface area contributed by atoms with Gasteiger partial charge < -0.3 is 5.21 Å². The summed E-state index contributed by atoms with van der Waals surface area (Å²) in [4.78, 5) is 5.26. The van der Waals surface area contributed by atoms with Gasteiger partial charge in [-0.3, -0.25) is 4.40 Å². The molecule has 0 aliphatic heterocycles. The normalized spacial score (nSPS) is 12.6. The van der Waals surface area contributed by atoms with Crippen LogP contribution >= 0.6 is 11.3 Å². The molecule has 0 aliphatic rings. The van der Waals surface area contributed by atoms with E-state index in [4.69, 9.17) is 5.21 Å². The van der Waals surface area contributed by atoms with Gasteiger partial charge in [0.2, 0.25) is 0 Å². The number of aromatic nitrogens is 2. The van der Waals surface area contributed by atoms with Crippen LogP contribution in [0.25, 0.3) is 4.96 Å². The molecule has 2 aromatic heterocycles. The van der Waals surface area contributed by atoms with E-state index >= 15 is 0 Å². The number of fused-ring (bicyclic) bond motifs is 1. The highest BCUT2D eigenvalue weighted by Crippen LogP contribution is 2.17. The molecule has 0 aliphatic carbocycles. The molecular weight excluding hydrogens is 186 g/mol. The maximum absolute atomic E-state index is 8.68. The van der Waals surface area contributed by atoms with Crippen molar-refractivity contribution < 1.29 is 5.21 Å². The summed E-state index contributed by atoms with van der Waals surface area (Å²) in [6.45, 7) is 3.66. The fourth-order valence-electron chi connectivity index (χ4n) is 1.38. The lowest BCUT2D eigenvalue weighted by molar-refractivity contribution is 0.319. The Kier molecular flexibility index (Phi) is 1.81. The van der Waals surface area contributed by atoms with Crippen molar-refractivity contribution in [2.45, 2.75) is 13.8 Å². The minimum Gasteiger partial charge on any atom is -0.411 e. The summed E-state index contributed by atoms with van der Waals surface area (Å²) in [5.41, 5.74) is 2.35. The average molecular weight is 195 g/mol. The Bertz CT molecular complexity index is 469. The van der Waals surface area contributed by atoms with Gasteiger partial charge in [-0.15, -0.1) is 11.3 Å². The first-order valence-electron chi connectivity index (χ1n) is 3.85. The van der Waals surface area contributed by atoms with E-state index in [0.717, 1.165) is 16.3 Å². The van der Waals surface area contributed by atoms with Gasteiger partial charge in [-0.1, -0.05) is 5.16 Å². The van der Waals surface area contributed by atoms with E-state index < -0.39 is 0 Å². The van der Waals surface area contributed by atoms with E-state index in [0.29, 0.717) is 5.71 Å². The lowest BCUT2D eigenvalue weighted by Gasteiger charge is -1.96. The zero-order valence-electron chi connectivity index (χ0n) is 7.35. The second-order valence-corrected chi connectivity index (χ2v) is 3.66. The van der Waals surface area contributed by atoms with Crippen LogP contribution in [0.4, 0.5) is 0 Å². The number of hydrogen-bond acceptors (Lipinski definition) is 4. The van der Waals surface area contributed by atoms with Crippen LogP contribution in [0.15, 0.2) is 16.7 Å². The van der Waals surface area contributed by atoms with Crippen LogP contribution < -0.4 is 0 Å². The van der Waals surface area contributed by atoms with Gasteiger partial charge in [0.15, 0.2) is 4.96 Å². The van der Waals surface area contributed by atoms with Gasteiger partial charge in [-0.25, -0.2) is 4.98 Å². The molecule has 0 amide bonds. The molecule has 0 unspecified atom stereocenters. The van der Waals surface area contributed by atoms with Gasteiger partial charge in [0.25, 0.3) is 0 Å². The number of imidazole rings is 1. The Labute approximate surface area is 79.1 Å². The topological polar surface area (TPSA) is 49.9 Å². The maximum atomic E-state index is 8.68. The largest absolute Gasteiger partial charge is 0.411 e. The molecule has 4 nitrogen and oxygen atoms in total. The number of rotatable bonds is 1. The van der Waals surface area contributed by atoms with Crippen LogP contribution in [0.3, 0.4) is 0 Å². The number of hydrogen-bond donors (Lipinski definition) is 1. The predicted molar refractivity (Wildman–Crippen MR) is 51.8 cm³/mol. The molecule has 0 radical (unpaired) electrons. The third-order valence-electron chi connectivity index (χ3n) is 1.93. The lowest BCUT2D eigenvalue weighted by atomic mass is 10.2. The summed E-state index contributed by atoms with van der Waals surface area (Å²) in [6.07, 6.45) is 1.92. The molecule has 0 fully saturated rings. The third kappa shape index (κ3) is 1.12. The van der Waals surface area contributed by atoms with Gasteiger partial charge in [0.05, 0.1) is 11.4 Å². The number of nitrogens with zero attached hydrogens (tertiary/aromatic N) is 3. The zero-order chi connectivity index (χ0) is 9.42. The molecule has 68 valence electrons. The van der Waals surface area contributed by atoms with E-state index in [1.54, 1.807) is 18.3 Å². The Balaban J connectivity index is 2.77. The van der Waals surface area contributed by atoms with Crippen molar-refractivity contribution in [3.05, 3.63) is 23.0 Å². The summed E-state index contributed by atoms with van der Waals surface area (Å²) >= 11 is 1.57. The van der Waals surface area contributed by atoms with Crippen molar-refractivity contribution in [2.75, 3.05) is 0 Å². The molecular formula is C8H9N3OS. The predicted octanol–water partition coefficient (Wildman–Crippen LogP) is 1.90. The average Bonchev–Trinajstić information content (AvgIpc) is 2.62. The molecule has 1 N–H and O–H groups in total. The molecule has 2 rings (SSSR count). The molecule has 0 aromatic carbocycles. The Morgan fingerprint density at radius 1 is 1.69 bits per heavy atom. The van der Waals surface area contributed by atoms with E-state index in [1.165, 1.54) is 0 Å². The summed E-state index contributed by atoms with van der Waals surface area (Å²) in [7, 11) is 0. The van der Waals surface area contributed by atoms with Crippen LogP contribution in [-0.4, -0.2) is 20.3 Å². The van der Waals surface area contributed by atoms with Crippen molar-refractivity contribution in [3.63, 3.8) is 0 Å². The fourth-order valence-corrected chi connectivity index (χ4v) is 2.14. The van der Waals surface area contributed by atoms with Crippen LogP contribution in [0, 0.1) is 6.92 Å². The SMILES string of the molecule is C/C(=N/O)c1c(C)nc2sccn12. The Hall–Kier alpha value is -1.36. The van der Waals surface area contributed by atoms with Crippen molar-refractivity contribution >= 4 is 22.0 Å².